The summed E-state index contributed by atoms with van der Waals surface area (Å²) in [6.07, 6.45) is 4.79. The molecule has 1 N–H and O–H groups in total. The van der Waals surface area contributed by atoms with Crippen LogP contribution in [0.3, 0.4) is 0 Å². The van der Waals surface area contributed by atoms with E-state index in [4.69, 9.17) is 10.4 Å². The number of aliphatic carboxylic acids is 1. The molecule has 1 aliphatic heterocycles. The highest BCUT2D eigenvalue weighted by Gasteiger charge is 2.20. The first-order valence-electron chi connectivity index (χ1n) is 12.5. The van der Waals surface area contributed by atoms with E-state index in [0.717, 1.165) is 40.4 Å². The van der Waals surface area contributed by atoms with Gasteiger partial charge in [0.05, 0.1) is 0 Å². The molecule has 0 saturated heterocycles. The Bertz CT molecular complexity index is 1500. The molecule has 6 heteroatoms. The Hall–Kier alpha value is -3.66. The molecule has 4 nitrogen and oxygen atoms in total. The fraction of sp³-hybridized carbons (Fsp3) is 0.226. The highest BCUT2D eigenvalue weighted by atomic mass is 32.1. The summed E-state index contributed by atoms with van der Waals surface area (Å²) in [4.78, 5) is 17.7. The third-order valence-electron chi connectivity index (χ3n) is 6.98. The van der Waals surface area contributed by atoms with E-state index in [9.17, 15) is 4.79 Å². The molecule has 0 aliphatic carbocycles. The first kappa shape index (κ1) is 25.0. The van der Waals surface area contributed by atoms with Crippen LogP contribution in [0.25, 0.3) is 26.3 Å². The maximum absolute atomic E-state index is 11.1. The van der Waals surface area contributed by atoms with Crippen LogP contribution in [-0.4, -0.2) is 17.6 Å². The molecule has 3 heterocycles. The predicted molar refractivity (Wildman–Crippen MR) is 155 cm³/mol. The molecular weight excluding hydrogens is 496 g/mol. The van der Waals surface area contributed by atoms with E-state index in [1.807, 2.05) is 12.1 Å². The first-order valence-corrected chi connectivity index (χ1v) is 14.2. The average Bonchev–Trinajstić information content (AvgIpc) is 3.60. The lowest BCUT2D eigenvalue weighted by molar-refractivity contribution is -0.132. The second-order valence-electron chi connectivity index (χ2n) is 9.34. The molecule has 1 atom stereocenters. The second-order valence-corrected chi connectivity index (χ2v) is 11.5. The van der Waals surface area contributed by atoms with Crippen molar-refractivity contribution in [2.45, 2.75) is 39.0 Å². The molecule has 37 heavy (non-hydrogen) atoms. The summed E-state index contributed by atoms with van der Waals surface area (Å²) in [5, 5.41) is 18.1. The van der Waals surface area contributed by atoms with Crippen LogP contribution in [0.5, 0.6) is 0 Å². The molecule has 0 bridgehead atoms. The minimum absolute atomic E-state index is 0.255. The normalized spacial score (nSPS) is 14.2. The van der Waals surface area contributed by atoms with Crippen molar-refractivity contribution in [2.24, 2.45) is 0 Å². The number of nitriles is 1. The van der Waals surface area contributed by atoms with Gasteiger partial charge in [-0.25, -0.2) is 4.79 Å². The van der Waals surface area contributed by atoms with Crippen molar-refractivity contribution in [3.8, 4) is 26.3 Å². The molecule has 0 radical (unpaired) electrons. The smallest absolute Gasteiger partial charge is 0.346 e. The Morgan fingerprint density at radius 1 is 1.05 bits per heavy atom. The number of nitrogens with zero attached hydrogens (tertiary/aromatic N) is 2. The topological polar surface area (TPSA) is 64.3 Å². The maximum atomic E-state index is 11.1. The van der Waals surface area contributed by atoms with E-state index in [-0.39, 0.29) is 5.57 Å². The van der Waals surface area contributed by atoms with E-state index >= 15 is 0 Å². The van der Waals surface area contributed by atoms with Crippen LogP contribution in [0.4, 0.5) is 11.4 Å². The SMILES string of the molecule is CCC(C)c1ccc(N2CCCc3cc(-c4ccc(-c5ccc(/C=C(\C#N)C(=O)O)s5)s4)ccc32)cc1. The molecular formula is C31H28N2O2S2. The van der Waals surface area contributed by atoms with Gasteiger partial charge in [-0.05, 0) is 96.5 Å². The Labute approximate surface area is 225 Å². The van der Waals surface area contributed by atoms with Gasteiger partial charge in [0.15, 0.2) is 0 Å². The third kappa shape index (κ3) is 5.24. The van der Waals surface area contributed by atoms with Crippen LogP contribution in [0.1, 0.15) is 48.6 Å². The number of hydrogen-bond donors (Lipinski definition) is 1. The number of aryl methyl sites for hydroxylation is 1. The van der Waals surface area contributed by atoms with Crippen LogP contribution < -0.4 is 4.90 Å². The summed E-state index contributed by atoms with van der Waals surface area (Å²) in [7, 11) is 0. The van der Waals surface area contributed by atoms with Crippen LogP contribution in [0, 0.1) is 11.3 Å². The van der Waals surface area contributed by atoms with Crippen LogP contribution in [0.15, 0.2) is 72.3 Å². The van der Waals surface area contributed by atoms with Crippen LogP contribution >= 0.6 is 22.7 Å². The van der Waals surface area contributed by atoms with Crippen molar-refractivity contribution in [2.75, 3.05) is 11.4 Å². The van der Waals surface area contributed by atoms with Gasteiger partial charge in [-0.1, -0.05) is 32.0 Å². The van der Waals surface area contributed by atoms with E-state index < -0.39 is 5.97 Å². The van der Waals surface area contributed by atoms with Crippen molar-refractivity contribution in [3.05, 3.63) is 88.3 Å². The standard InChI is InChI=1S/C31H28N2O2S2/c1-3-20(2)21-6-9-25(10-7-21)33-16-4-5-22-17-23(8-12-27(22)33)28-14-15-30(37-28)29-13-11-26(36-29)18-24(19-32)31(34)35/h6-15,17-18,20H,3-5,16H2,1-2H3,(H,34,35)/b24-18+. The van der Waals surface area contributed by atoms with Gasteiger partial charge in [0.1, 0.15) is 11.6 Å². The Kier molecular flexibility index (Phi) is 7.27. The number of carboxylic acids is 1. The maximum Gasteiger partial charge on any atom is 0.346 e. The van der Waals surface area contributed by atoms with E-state index in [1.54, 1.807) is 17.4 Å². The number of thiophene rings is 2. The zero-order valence-electron chi connectivity index (χ0n) is 20.9. The second kappa shape index (κ2) is 10.8. The van der Waals surface area contributed by atoms with Gasteiger partial charge in [0, 0.05) is 37.4 Å². The van der Waals surface area contributed by atoms with Crippen molar-refractivity contribution in [1.82, 2.24) is 0 Å². The van der Waals surface area contributed by atoms with Crippen LogP contribution in [0.2, 0.25) is 0 Å². The van der Waals surface area contributed by atoms with Gasteiger partial charge < -0.3 is 10.0 Å². The molecule has 1 aliphatic rings. The highest BCUT2D eigenvalue weighted by Crippen LogP contribution is 2.41. The number of benzene rings is 2. The number of rotatable bonds is 7. The molecule has 0 saturated carbocycles. The van der Waals surface area contributed by atoms with Gasteiger partial charge in [-0.15, -0.1) is 22.7 Å². The largest absolute Gasteiger partial charge is 0.477 e. The lowest BCUT2D eigenvalue weighted by Crippen LogP contribution is -2.24. The molecule has 2 aromatic carbocycles. The quantitative estimate of drug-likeness (QED) is 0.194. The van der Waals surface area contributed by atoms with E-state index in [1.165, 1.54) is 50.4 Å². The Morgan fingerprint density at radius 2 is 1.78 bits per heavy atom. The fourth-order valence-corrected chi connectivity index (χ4v) is 6.75. The number of hydrogen-bond acceptors (Lipinski definition) is 5. The number of carboxylic acid groups (broad SMARTS) is 1. The summed E-state index contributed by atoms with van der Waals surface area (Å²) in [5.74, 6) is -0.622. The minimum atomic E-state index is -1.20. The molecule has 4 aromatic rings. The zero-order chi connectivity index (χ0) is 25.9. The molecule has 0 amide bonds. The van der Waals surface area contributed by atoms with Crippen molar-refractivity contribution >= 4 is 46.1 Å². The monoisotopic (exact) mass is 524 g/mol. The van der Waals surface area contributed by atoms with E-state index in [0.29, 0.717) is 5.92 Å². The fourth-order valence-electron chi connectivity index (χ4n) is 4.71. The highest BCUT2D eigenvalue weighted by molar-refractivity contribution is 7.24. The van der Waals surface area contributed by atoms with Gasteiger partial charge in [0.25, 0.3) is 0 Å². The molecule has 2 aromatic heterocycles. The Balaban J connectivity index is 1.38. The van der Waals surface area contributed by atoms with Gasteiger partial charge in [0.2, 0.25) is 0 Å². The molecule has 0 fully saturated rings. The lowest BCUT2D eigenvalue weighted by Gasteiger charge is -2.32. The number of anilines is 2. The lowest BCUT2D eigenvalue weighted by atomic mass is 9.96. The summed E-state index contributed by atoms with van der Waals surface area (Å²) in [6, 6.07) is 25.7. The van der Waals surface area contributed by atoms with Crippen molar-refractivity contribution < 1.29 is 9.90 Å². The van der Waals surface area contributed by atoms with E-state index in [2.05, 4.69) is 73.3 Å². The van der Waals surface area contributed by atoms with Crippen molar-refractivity contribution in [3.63, 3.8) is 0 Å². The van der Waals surface area contributed by atoms with Gasteiger partial charge >= 0.3 is 5.97 Å². The van der Waals surface area contributed by atoms with Crippen LogP contribution in [-0.2, 0) is 11.2 Å². The average molecular weight is 525 g/mol. The predicted octanol–water partition coefficient (Wildman–Crippen LogP) is 8.73. The Morgan fingerprint density at radius 3 is 2.51 bits per heavy atom. The van der Waals surface area contributed by atoms with Gasteiger partial charge in [-0.2, -0.15) is 5.26 Å². The summed E-state index contributed by atoms with van der Waals surface area (Å²) in [6.45, 7) is 5.54. The third-order valence-corrected chi connectivity index (χ3v) is 9.34. The number of carbonyl (C=O) groups is 1. The number of fused-ring (bicyclic) bond motifs is 1. The first-order chi connectivity index (χ1) is 18.0. The summed E-state index contributed by atoms with van der Waals surface area (Å²) in [5.41, 5.74) is 6.29. The molecule has 186 valence electrons. The summed E-state index contributed by atoms with van der Waals surface area (Å²) >= 11 is 3.23. The molecule has 5 rings (SSSR count). The zero-order valence-corrected chi connectivity index (χ0v) is 22.5. The van der Waals surface area contributed by atoms with Gasteiger partial charge in [-0.3, -0.25) is 0 Å². The minimum Gasteiger partial charge on any atom is -0.477 e. The van der Waals surface area contributed by atoms with Crippen molar-refractivity contribution in [1.29, 1.82) is 5.26 Å². The summed E-state index contributed by atoms with van der Waals surface area (Å²) < 4.78 is 0. The molecule has 0 spiro atoms. The molecule has 1 unspecified atom stereocenters.